The van der Waals surface area contributed by atoms with Crippen LogP contribution in [0, 0.1) is 0 Å². The number of rotatable bonds is 9. The van der Waals surface area contributed by atoms with Gasteiger partial charge in [0.2, 0.25) is 0 Å². The highest BCUT2D eigenvalue weighted by Gasteiger charge is 2.19. The molecule has 2 aromatic carbocycles. The summed E-state index contributed by atoms with van der Waals surface area (Å²) in [5.41, 5.74) is 1.93. The number of amides is 2. The lowest BCUT2D eigenvalue weighted by molar-refractivity contribution is 0.0600. The van der Waals surface area contributed by atoms with E-state index in [0.717, 1.165) is 16.9 Å². The number of methoxy groups -OCH3 is 3. The second-order valence-corrected chi connectivity index (χ2v) is 8.34. The van der Waals surface area contributed by atoms with Crippen LogP contribution in [0.3, 0.4) is 0 Å². The molecule has 0 saturated heterocycles. The van der Waals surface area contributed by atoms with Gasteiger partial charge in [-0.2, -0.15) is 0 Å². The first kappa shape index (κ1) is 24.8. The first-order valence-electron chi connectivity index (χ1n) is 10.5. The van der Waals surface area contributed by atoms with E-state index in [1.165, 1.54) is 42.7 Å². The van der Waals surface area contributed by atoms with Gasteiger partial charge in [-0.15, -0.1) is 11.3 Å². The average molecular weight is 483 g/mol. The van der Waals surface area contributed by atoms with Crippen LogP contribution in [0.2, 0.25) is 0 Å². The van der Waals surface area contributed by atoms with Crippen molar-refractivity contribution in [1.82, 2.24) is 5.32 Å². The zero-order chi connectivity index (χ0) is 24.7. The predicted molar refractivity (Wildman–Crippen MR) is 130 cm³/mol. The summed E-state index contributed by atoms with van der Waals surface area (Å²) < 4.78 is 15.2. The fourth-order valence-corrected chi connectivity index (χ4v) is 4.19. The number of hydrogen-bond donors (Lipinski definition) is 2. The van der Waals surface area contributed by atoms with Crippen molar-refractivity contribution in [1.29, 1.82) is 0 Å². The Bertz CT molecular complexity index is 1190. The summed E-state index contributed by atoms with van der Waals surface area (Å²) in [5.74, 6) is 0.0139. The van der Waals surface area contributed by atoms with E-state index in [2.05, 4.69) is 15.4 Å². The molecule has 1 heterocycles. The standard InChI is InChI=1S/C25H26N2O6S/c1-5-18-13-19(23(29)26-14-15-6-11-20(31-2)21(12-15)32-3)24(34-18)27-22(28)16-7-9-17(10-8-16)25(30)33-4/h6-13H,5,14H2,1-4H3,(H,26,29)(H,27,28). The molecule has 9 heteroatoms. The summed E-state index contributed by atoms with van der Waals surface area (Å²) in [7, 11) is 4.41. The lowest BCUT2D eigenvalue weighted by Gasteiger charge is -2.11. The highest BCUT2D eigenvalue weighted by atomic mass is 32.1. The van der Waals surface area contributed by atoms with Crippen molar-refractivity contribution in [3.05, 3.63) is 75.7 Å². The van der Waals surface area contributed by atoms with Crippen molar-refractivity contribution in [2.45, 2.75) is 19.9 Å². The van der Waals surface area contributed by atoms with Crippen molar-refractivity contribution in [3.63, 3.8) is 0 Å². The van der Waals surface area contributed by atoms with Gasteiger partial charge < -0.3 is 24.8 Å². The molecule has 0 fully saturated rings. The van der Waals surface area contributed by atoms with E-state index in [4.69, 9.17) is 9.47 Å². The fraction of sp³-hybridized carbons (Fsp3) is 0.240. The Morgan fingerprint density at radius 1 is 0.853 bits per heavy atom. The van der Waals surface area contributed by atoms with E-state index in [9.17, 15) is 14.4 Å². The summed E-state index contributed by atoms with van der Waals surface area (Å²) >= 11 is 1.35. The topological polar surface area (TPSA) is 103 Å². The molecule has 0 spiro atoms. The van der Waals surface area contributed by atoms with Crippen LogP contribution in [0.1, 0.15) is 48.4 Å². The van der Waals surface area contributed by atoms with E-state index >= 15 is 0 Å². The van der Waals surface area contributed by atoms with Crippen molar-refractivity contribution in [3.8, 4) is 11.5 Å². The van der Waals surface area contributed by atoms with Gasteiger partial charge in [0.1, 0.15) is 5.00 Å². The van der Waals surface area contributed by atoms with Crippen molar-refractivity contribution in [2.24, 2.45) is 0 Å². The molecular weight excluding hydrogens is 456 g/mol. The molecule has 1 aromatic heterocycles. The Labute approximate surface area is 201 Å². The molecule has 0 aliphatic heterocycles. The molecule has 8 nitrogen and oxygen atoms in total. The zero-order valence-electron chi connectivity index (χ0n) is 19.4. The van der Waals surface area contributed by atoms with Crippen LogP contribution in [0.25, 0.3) is 0 Å². The third kappa shape index (κ3) is 5.74. The molecule has 0 bridgehead atoms. The lowest BCUT2D eigenvalue weighted by Crippen LogP contribution is -2.24. The van der Waals surface area contributed by atoms with Crippen molar-refractivity contribution < 1.29 is 28.6 Å². The average Bonchev–Trinajstić information content (AvgIpc) is 3.29. The van der Waals surface area contributed by atoms with Gasteiger partial charge in [-0.1, -0.05) is 13.0 Å². The minimum atomic E-state index is -0.480. The molecule has 34 heavy (non-hydrogen) atoms. The van der Waals surface area contributed by atoms with Crippen LogP contribution in [0.15, 0.2) is 48.5 Å². The fourth-order valence-electron chi connectivity index (χ4n) is 3.20. The van der Waals surface area contributed by atoms with E-state index in [0.29, 0.717) is 33.2 Å². The van der Waals surface area contributed by atoms with Crippen molar-refractivity contribution >= 4 is 34.1 Å². The molecule has 0 atom stereocenters. The second-order valence-electron chi connectivity index (χ2n) is 7.20. The Balaban J connectivity index is 1.73. The van der Waals surface area contributed by atoms with Crippen LogP contribution in [0.4, 0.5) is 5.00 Å². The quantitative estimate of drug-likeness (QED) is 0.441. The maximum Gasteiger partial charge on any atom is 0.337 e. The Morgan fingerprint density at radius 2 is 1.53 bits per heavy atom. The van der Waals surface area contributed by atoms with Crippen LogP contribution >= 0.6 is 11.3 Å². The summed E-state index contributed by atoms with van der Waals surface area (Å²) in [4.78, 5) is 38.3. The molecule has 2 N–H and O–H groups in total. The first-order valence-corrected chi connectivity index (χ1v) is 11.3. The third-order valence-electron chi connectivity index (χ3n) is 5.07. The molecule has 0 radical (unpaired) electrons. The van der Waals surface area contributed by atoms with E-state index in [1.807, 2.05) is 13.0 Å². The lowest BCUT2D eigenvalue weighted by atomic mass is 10.1. The molecule has 2 amide bonds. The smallest absolute Gasteiger partial charge is 0.337 e. The number of carbonyl (C=O) groups is 3. The largest absolute Gasteiger partial charge is 0.493 e. The summed E-state index contributed by atoms with van der Waals surface area (Å²) in [6.07, 6.45) is 0.727. The molecule has 0 saturated carbocycles. The number of hydrogen-bond acceptors (Lipinski definition) is 7. The van der Waals surface area contributed by atoms with Crippen molar-refractivity contribution in [2.75, 3.05) is 26.6 Å². The Morgan fingerprint density at radius 3 is 2.15 bits per heavy atom. The van der Waals surface area contributed by atoms with Crippen LogP contribution in [0.5, 0.6) is 11.5 Å². The Hall–Kier alpha value is -3.85. The molecule has 0 aliphatic rings. The van der Waals surface area contributed by atoms with Gasteiger partial charge in [-0.05, 0) is 54.4 Å². The number of carbonyl (C=O) groups excluding carboxylic acids is 3. The van der Waals surface area contributed by atoms with E-state index in [1.54, 1.807) is 32.4 Å². The minimum Gasteiger partial charge on any atom is -0.493 e. The maximum atomic E-state index is 13.0. The predicted octanol–water partition coefficient (Wildman–Crippen LogP) is 4.30. The molecule has 178 valence electrons. The van der Waals surface area contributed by atoms with Crippen LogP contribution in [-0.2, 0) is 17.7 Å². The zero-order valence-corrected chi connectivity index (χ0v) is 20.2. The summed E-state index contributed by atoms with van der Waals surface area (Å²) in [6, 6.07) is 13.3. The maximum absolute atomic E-state index is 13.0. The van der Waals surface area contributed by atoms with Gasteiger partial charge in [-0.25, -0.2) is 4.79 Å². The van der Waals surface area contributed by atoms with E-state index < -0.39 is 5.97 Å². The van der Waals surface area contributed by atoms with Gasteiger partial charge in [0.05, 0.1) is 32.5 Å². The number of nitrogens with one attached hydrogen (secondary N) is 2. The van der Waals surface area contributed by atoms with Gasteiger partial charge in [-0.3, -0.25) is 9.59 Å². The van der Waals surface area contributed by atoms with Crippen LogP contribution < -0.4 is 20.1 Å². The van der Waals surface area contributed by atoms with Crippen LogP contribution in [-0.4, -0.2) is 39.1 Å². The number of benzene rings is 2. The second kappa shape index (κ2) is 11.3. The van der Waals surface area contributed by atoms with Gasteiger partial charge in [0.25, 0.3) is 11.8 Å². The van der Waals surface area contributed by atoms with E-state index in [-0.39, 0.29) is 18.4 Å². The monoisotopic (exact) mass is 482 g/mol. The van der Waals surface area contributed by atoms with Gasteiger partial charge in [0, 0.05) is 17.0 Å². The number of anilines is 1. The number of thiophene rings is 1. The van der Waals surface area contributed by atoms with Gasteiger partial charge >= 0.3 is 5.97 Å². The third-order valence-corrected chi connectivity index (χ3v) is 6.27. The number of aryl methyl sites for hydroxylation is 1. The normalized spacial score (nSPS) is 10.4. The molecule has 3 rings (SSSR count). The molecule has 0 unspecified atom stereocenters. The molecular formula is C25H26N2O6S. The van der Waals surface area contributed by atoms with Gasteiger partial charge in [0.15, 0.2) is 11.5 Å². The number of ether oxygens (including phenoxy) is 3. The highest BCUT2D eigenvalue weighted by Crippen LogP contribution is 2.30. The summed E-state index contributed by atoms with van der Waals surface area (Å²) in [5, 5.41) is 6.17. The minimum absolute atomic E-state index is 0.277. The number of esters is 1. The SMILES string of the molecule is CCc1cc(C(=O)NCc2ccc(OC)c(OC)c2)c(NC(=O)c2ccc(C(=O)OC)cc2)s1. The summed E-state index contributed by atoms with van der Waals surface area (Å²) in [6.45, 7) is 2.26. The first-order chi connectivity index (χ1) is 16.4. The molecule has 3 aromatic rings. The highest BCUT2D eigenvalue weighted by molar-refractivity contribution is 7.16. The molecule has 0 aliphatic carbocycles. The Kier molecular flexibility index (Phi) is 8.26.